The van der Waals surface area contributed by atoms with E-state index in [4.69, 9.17) is 14.2 Å². The van der Waals surface area contributed by atoms with E-state index in [1.807, 2.05) is 0 Å². The SMILES string of the molecule is COc1cc([N+](=O)[O-])c(CO)c(OC)c1OC. The summed E-state index contributed by atoms with van der Waals surface area (Å²) in [5.74, 6) is 0.485. The molecule has 0 heterocycles. The van der Waals surface area contributed by atoms with Crippen LogP contribution in [0.5, 0.6) is 17.2 Å². The number of nitro groups is 1. The molecule has 7 heteroatoms. The fraction of sp³-hybridized carbons (Fsp3) is 0.400. The lowest BCUT2D eigenvalue weighted by Gasteiger charge is -2.14. The Labute approximate surface area is 97.7 Å². The normalized spacial score (nSPS) is 9.88. The minimum Gasteiger partial charge on any atom is -0.492 e. The van der Waals surface area contributed by atoms with Crippen molar-refractivity contribution in [2.75, 3.05) is 21.3 Å². The molecule has 7 nitrogen and oxygen atoms in total. The van der Waals surface area contributed by atoms with Crippen LogP contribution in [0.3, 0.4) is 0 Å². The standard InChI is InChI=1S/C10H13NO6/c1-15-8-4-7(11(13)14)6(5-12)9(16-2)10(8)17-3/h4,12H,5H2,1-3H3. The predicted molar refractivity (Wildman–Crippen MR) is 58.7 cm³/mol. The summed E-state index contributed by atoms with van der Waals surface area (Å²) in [5, 5.41) is 20.0. The lowest BCUT2D eigenvalue weighted by Crippen LogP contribution is -2.03. The first kappa shape index (κ1) is 13.0. The number of benzene rings is 1. The monoisotopic (exact) mass is 243 g/mol. The number of ether oxygens (including phenoxy) is 3. The fourth-order valence-corrected chi connectivity index (χ4v) is 1.52. The van der Waals surface area contributed by atoms with E-state index in [2.05, 4.69) is 0 Å². The van der Waals surface area contributed by atoms with Gasteiger partial charge in [0.15, 0.2) is 11.5 Å². The average Bonchev–Trinajstić information content (AvgIpc) is 2.35. The summed E-state index contributed by atoms with van der Waals surface area (Å²) in [7, 11) is 4.08. The fourth-order valence-electron chi connectivity index (χ4n) is 1.52. The van der Waals surface area contributed by atoms with Crippen molar-refractivity contribution in [1.29, 1.82) is 0 Å². The van der Waals surface area contributed by atoms with Crippen molar-refractivity contribution in [3.05, 3.63) is 21.7 Å². The second-order valence-electron chi connectivity index (χ2n) is 3.06. The molecule has 0 saturated carbocycles. The molecule has 0 aliphatic heterocycles. The third kappa shape index (κ3) is 2.23. The predicted octanol–water partition coefficient (Wildman–Crippen LogP) is 1.11. The number of hydrogen-bond donors (Lipinski definition) is 1. The van der Waals surface area contributed by atoms with Crippen molar-refractivity contribution in [3.8, 4) is 17.2 Å². The van der Waals surface area contributed by atoms with Crippen molar-refractivity contribution >= 4 is 5.69 Å². The Hall–Kier alpha value is -2.02. The molecule has 0 saturated heterocycles. The maximum atomic E-state index is 10.9. The van der Waals surface area contributed by atoms with Crippen LogP contribution in [0.4, 0.5) is 5.69 Å². The molecule has 94 valence electrons. The van der Waals surface area contributed by atoms with E-state index in [1.54, 1.807) is 0 Å². The molecule has 1 rings (SSSR count). The van der Waals surface area contributed by atoms with Crippen LogP contribution in [-0.4, -0.2) is 31.4 Å². The molecule has 17 heavy (non-hydrogen) atoms. The van der Waals surface area contributed by atoms with E-state index in [1.165, 1.54) is 27.4 Å². The number of rotatable bonds is 5. The number of nitrogens with zero attached hydrogens (tertiary/aromatic N) is 1. The van der Waals surface area contributed by atoms with Gasteiger partial charge in [-0.25, -0.2) is 0 Å². The van der Waals surface area contributed by atoms with Gasteiger partial charge >= 0.3 is 0 Å². The van der Waals surface area contributed by atoms with Crippen molar-refractivity contribution in [1.82, 2.24) is 0 Å². The highest BCUT2D eigenvalue weighted by molar-refractivity contribution is 5.64. The molecule has 0 unspecified atom stereocenters. The Morgan fingerprint density at radius 3 is 2.18 bits per heavy atom. The molecule has 0 aliphatic rings. The highest BCUT2D eigenvalue weighted by atomic mass is 16.6. The molecule has 0 amide bonds. The van der Waals surface area contributed by atoms with Crippen LogP contribution in [0.1, 0.15) is 5.56 Å². The summed E-state index contributed by atoms with van der Waals surface area (Å²) in [6.07, 6.45) is 0. The Bertz CT molecular complexity index is 431. The van der Waals surface area contributed by atoms with E-state index >= 15 is 0 Å². The van der Waals surface area contributed by atoms with Crippen LogP contribution in [0, 0.1) is 10.1 Å². The van der Waals surface area contributed by atoms with Gasteiger partial charge in [0.25, 0.3) is 5.69 Å². The quantitative estimate of drug-likeness (QED) is 0.615. The first-order chi connectivity index (χ1) is 8.10. The molecular weight excluding hydrogens is 230 g/mol. The molecule has 1 N–H and O–H groups in total. The van der Waals surface area contributed by atoms with E-state index in [-0.39, 0.29) is 28.5 Å². The third-order valence-electron chi connectivity index (χ3n) is 2.26. The number of methoxy groups -OCH3 is 3. The Morgan fingerprint density at radius 1 is 1.24 bits per heavy atom. The van der Waals surface area contributed by atoms with Gasteiger partial charge in [0.05, 0.1) is 38.9 Å². The van der Waals surface area contributed by atoms with Gasteiger partial charge < -0.3 is 19.3 Å². The van der Waals surface area contributed by atoms with Gasteiger partial charge in [0, 0.05) is 0 Å². The van der Waals surface area contributed by atoms with Crippen molar-refractivity contribution < 1.29 is 24.2 Å². The molecule has 0 bridgehead atoms. The van der Waals surface area contributed by atoms with Crippen LogP contribution in [0.15, 0.2) is 6.07 Å². The number of aliphatic hydroxyl groups excluding tert-OH is 1. The first-order valence-corrected chi connectivity index (χ1v) is 4.67. The number of nitro benzene ring substituents is 1. The first-order valence-electron chi connectivity index (χ1n) is 4.67. The summed E-state index contributed by atoms with van der Waals surface area (Å²) in [6.45, 7) is -0.528. The van der Waals surface area contributed by atoms with Gasteiger partial charge in [-0.15, -0.1) is 0 Å². The largest absolute Gasteiger partial charge is 0.492 e. The summed E-state index contributed by atoms with van der Waals surface area (Å²) in [4.78, 5) is 10.2. The topological polar surface area (TPSA) is 91.1 Å². The second kappa shape index (κ2) is 5.35. The zero-order valence-electron chi connectivity index (χ0n) is 9.72. The van der Waals surface area contributed by atoms with Gasteiger partial charge in [-0.2, -0.15) is 0 Å². The Morgan fingerprint density at radius 2 is 1.82 bits per heavy atom. The summed E-state index contributed by atoms with van der Waals surface area (Å²) in [5.41, 5.74) is -0.225. The molecule has 0 aliphatic carbocycles. The van der Waals surface area contributed by atoms with Crippen molar-refractivity contribution in [2.24, 2.45) is 0 Å². The van der Waals surface area contributed by atoms with Crippen molar-refractivity contribution in [3.63, 3.8) is 0 Å². The Balaban J connectivity index is 3.60. The molecule has 1 aromatic rings. The highest BCUT2D eigenvalue weighted by Gasteiger charge is 2.26. The van der Waals surface area contributed by atoms with E-state index in [0.29, 0.717) is 0 Å². The van der Waals surface area contributed by atoms with Gasteiger partial charge in [-0.05, 0) is 0 Å². The summed E-state index contributed by atoms with van der Waals surface area (Å²) >= 11 is 0. The molecule has 0 aromatic heterocycles. The van der Waals surface area contributed by atoms with Gasteiger partial charge in [-0.3, -0.25) is 10.1 Å². The maximum absolute atomic E-state index is 10.9. The molecule has 1 aromatic carbocycles. The zero-order chi connectivity index (χ0) is 13.0. The Kier molecular flexibility index (Phi) is 4.11. The zero-order valence-corrected chi connectivity index (χ0v) is 9.72. The molecular formula is C10H13NO6. The lowest BCUT2D eigenvalue weighted by molar-refractivity contribution is -0.386. The molecule has 0 atom stereocenters. The molecule has 0 spiro atoms. The lowest BCUT2D eigenvalue weighted by atomic mass is 10.1. The van der Waals surface area contributed by atoms with Crippen LogP contribution >= 0.6 is 0 Å². The summed E-state index contributed by atoms with van der Waals surface area (Å²) in [6, 6.07) is 1.19. The minimum absolute atomic E-state index is 0.0511. The smallest absolute Gasteiger partial charge is 0.282 e. The van der Waals surface area contributed by atoms with Crippen molar-refractivity contribution in [2.45, 2.75) is 6.61 Å². The van der Waals surface area contributed by atoms with E-state index < -0.39 is 11.5 Å². The van der Waals surface area contributed by atoms with Crippen LogP contribution in [-0.2, 0) is 6.61 Å². The van der Waals surface area contributed by atoms with Crippen LogP contribution < -0.4 is 14.2 Å². The maximum Gasteiger partial charge on any atom is 0.282 e. The van der Waals surface area contributed by atoms with E-state index in [9.17, 15) is 15.2 Å². The second-order valence-corrected chi connectivity index (χ2v) is 3.06. The van der Waals surface area contributed by atoms with Gasteiger partial charge in [-0.1, -0.05) is 0 Å². The highest BCUT2D eigenvalue weighted by Crippen LogP contribution is 2.44. The minimum atomic E-state index is -0.615. The summed E-state index contributed by atoms with van der Waals surface area (Å²) < 4.78 is 15.1. The van der Waals surface area contributed by atoms with E-state index in [0.717, 1.165) is 0 Å². The number of hydrogen-bond acceptors (Lipinski definition) is 6. The van der Waals surface area contributed by atoms with Gasteiger partial charge in [0.1, 0.15) is 5.56 Å². The van der Waals surface area contributed by atoms with Crippen LogP contribution in [0.25, 0.3) is 0 Å². The average molecular weight is 243 g/mol. The third-order valence-corrected chi connectivity index (χ3v) is 2.26. The van der Waals surface area contributed by atoms with Crippen LogP contribution in [0.2, 0.25) is 0 Å². The molecule has 0 radical (unpaired) electrons. The molecule has 0 fully saturated rings. The van der Waals surface area contributed by atoms with Gasteiger partial charge in [0.2, 0.25) is 5.75 Å². The number of aliphatic hydroxyl groups is 1.